The van der Waals surface area contributed by atoms with E-state index >= 15 is 0 Å². The Morgan fingerprint density at radius 1 is 0.280 bits per heavy atom. The van der Waals surface area contributed by atoms with Gasteiger partial charge in [-0.2, -0.15) is 0 Å². The van der Waals surface area contributed by atoms with E-state index < -0.39 is 6.10 Å². The lowest BCUT2D eigenvalue weighted by Gasteiger charge is -2.18. The molecule has 0 saturated heterocycles. The molecule has 0 amide bonds. The van der Waals surface area contributed by atoms with E-state index in [4.69, 9.17) is 14.2 Å². The molecule has 0 fully saturated rings. The highest BCUT2D eigenvalue weighted by atomic mass is 16.6. The van der Waals surface area contributed by atoms with Gasteiger partial charge in [-0.1, -0.05) is 312 Å². The first-order valence-corrected chi connectivity index (χ1v) is 32.4. The smallest absolute Gasteiger partial charge is 0.306 e. The zero-order chi connectivity index (χ0) is 54.3. The van der Waals surface area contributed by atoms with Gasteiger partial charge in [0, 0.05) is 19.3 Å². The third-order valence-corrected chi connectivity index (χ3v) is 14.2. The summed E-state index contributed by atoms with van der Waals surface area (Å²) in [4.78, 5) is 38.2. The van der Waals surface area contributed by atoms with E-state index in [9.17, 15) is 14.4 Å². The molecule has 0 heterocycles. The molecule has 0 aromatic carbocycles. The Balaban J connectivity index is 4.20. The Kier molecular flexibility index (Phi) is 60.7. The van der Waals surface area contributed by atoms with Crippen molar-refractivity contribution in [3.8, 4) is 0 Å². The largest absolute Gasteiger partial charge is 0.462 e. The van der Waals surface area contributed by atoms with Gasteiger partial charge in [-0.15, -0.1) is 0 Å². The van der Waals surface area contributed by atoms with Gasteiger partial charge in [-0.25, -0.2) is 0 Å². The molecule has 0 aliphatic carbocycles. The van der Waals surface area contributed by atoms with Crippen molar-refractivity contribution in [3.63, 3.8) is 0 Å². The molecule has 0 N–H and O–H groups in total. The van der Waals surface area contributed by atoms with Gasteiger partial charge in [0.05, 0.1) is 0 Å². The van der Waals surface area contributed by atoms with E-state index in [0.717, 1.165) is 96.3 Å². The minimum absolute atomic E-state index is 0.0712. The lowest BCUT2D eigenvalue weighted by Crippen LogP contribution is -2.30. The molecule has 0 aliphatic heterocycles. The van der Waals surface area contributed by atoms with E-state index in [-0.39, 0.29) is 31.1 Å². The normalized spacial score (nSPS) is 12.5. The van der Waals surface area contributed by atoms with Crippen LogP contribution in [0.5, 0.6) is 0 Å². The predicted octanol–water partition coefficient (Wildman–Crippen LogP) is 22.1. The molecule has 0 aliphatic rings. The lowest BCUT2D eigenvalue weighted by atomic mass is 10.0. The molecule has 0 aromatic rings. The minimum Gasteiger partial charge on any atom is -0.462 e. The summed E-state index contributed by atoms with van der Waals surface area (Å²) in [7, 11) is 0. The van der Waals surface area contributed by atoms with Crippen LogP contribution in [-0.2, 0) is 28.6 Å². The van der Waals surface area contributed by atoms with Crippen LogP contribution in [-0.4, -0.2) is 37.2 Å². The predicted molar refractivity (Wildman–Crippen MR) is 325 cm³/mol. The lowest BCUT2D eigenvalue weighted by molar-refractivity contribution is -0.167. The number of carbonyl (C=O) groups is 3. The van der Waals surface area contributed by atoms with Crippen molar-refractivity contribution in [2.75, 3.05) is 13.2 Å². The number of esters is 3. The van der Waals surface area contributed by atoms with Gasteiger partial charge >= 0.3 is 17.9 Å². The molecule has 0 radical (unpaired) electrons. The number of hydrogen-bond acceptors (Lipinski definition) is 6. The molecule has 6 nitrogen and oxygen atoms in total. The van der Waals surface area contributed by atoms with Gasteiger partial charge < -0.3 is 14.2 Å². The molecular formula is C69H122O6. The van der Waals surface area contributed by atoms with E-state index in [0.29, 0.717) is 19.3 Å². The van der Waals surface area contributed by atoms with Gasteiger partial charge in [-0.3, -0.25) is 14.4 Å². The van der Waals surface area contributed by atoms with Gasteiger partial charge in [0.2, 0.25) is 0 Å². The Morgan fingerprint density at radius 3 is 0.813 bits per heavy atom. The molecule has 0 aromatic heterocycles. The quantitative estimate of drug-likeness (QED) is 0.0261. The maximum Gasteiger partial charge on any atom is 0.306 e. The Bertz CT molecular complexity index is 1390. The number of hydrogen-bond donors (Lipinski definition) is 0. The standard InChI is InChI=1S/C69H122O6/c1-4-7-10-13-16-19-22-24-26-28-30-31-32-33-34-35-36-37-38-39-40-42-43-45-47-50-53-56-59-62-68(71)74-65-66(64-73-67(70)61-58-55-52-49-21-18-15-12-9-6-3)75-69(72)63-60-57-54-51-48-46-44-41-29-27-25-23-20-17-14-11-8-5-2/h7,10,16,19,24,26,30-31,33-34,36-37,66H,4-6,8-9,11-15,17-18,20-23,25,27-29,32,35,38-65H2,1-3H3/b10-7-,19-16-,26-24-,31-30-,34-33-,37-36-. The topological polar surface area (TPSA) is 78.9 Å². The summed E-state index contributed by atoms with van der Waals surface area (Å²) in [6.45, 7) is 6.55. The molecule has 0 rings (SSSR count). The fraction of sp³-hybridized carbons (Fsp3) is 0.783. The van der Waals surface area contributed by atoms with E-state index in [1.54, 1.807) is 0 Å². The highest BCUT2D eigenvalue weighted by Gasteiger charge is 2.19. The van der Waals surface area contributed by atoms with E-state index in [1.807, 2.05) is 0 Å². The first kappa shape index (κ1) is 71.8. The van der Waals surface area contributed by atoms with E-state index in [1.165, 1.54) is 193 Å². The van der Waals surface area contributed by atoms with Crippen LogP contribution in [0.2, 0.25) is 0 Å². The summed E-state index contributed by atoms with van der Waals surface area (Å²) in [5, 5.41) is 0. The number of carbonyl (C=O) groups excluding carboxylic acids is 3. The van der Waals surface area contributed by atoms with Crippen molar-refractivity contribution in [2.45, 2.75) is 335 Å². The summed E-state index contributed by atoms with van der Waals surface area (Å²) in [5.74, 6) is -0.859. The average Bonchev–Trinajstić information content (AvgIpc) is 3.41. The van der Waals surface area contributed by atoms with Crippen LogP contribution in [0.1, 0.15) is 329 Å². The van der Waals surface area contributed by atoms with Crippen molar-refractivity contribution >= 4 is 17.9 Å². The molecule has 0 saturated carbocycles. The average molecular weight is 1050 g/mol. The van der Waals surface area contributed by atoms with Gasteiger partial charge in [0.1, 0.15) is 13.2 Å². The molecule has 0 spiro atoms. The van der Waals surface area contributed by atoms with Gasteiger partial charge in [0.15, 0.2) is 6.10 Å². The summed E-state index contributed by atoms with van der Waals surface area (Å²) in [6.07, 6.45) is 82.0. The highest BCUT2D eigenvalue weighted by Crippen LogP contribution is 2.17. The number of unbranched alkanes of at least 4 members (excludes halogenated alkanes) is 36. The Hall–Kier alpha value is -3.15. The second kappa shape index (κ2) is 63.4. The fourth-order valence-electron chi connectivity index (χ4n) is 9.39. The molecule has 1 atom stereocenters. The number of ether oxygens (including phenoxy) is 3. The van der Waals surface area contributed by atoms with Crippen molar-refractivity contribution in [2.24, 2.45) is 0 Å². The highest BCUT2D eigenvalue weighted by molar-refractivity contribution is 5.71. The molecule has 1 unspecified atom stereocenters. The first-order chi connectivity index (χ1) is 37.0. The van der Waals surface area contributed by atoms with Crippen LogP contribution in [0.4, 0.5) is 0 Å². The van der Waals surface area contributed by atoms with Crippen molar-refractivity contribution in [1.29, 1.82) is 0 Å². The van der Waals surface area contributed by atoms with E-state index in [2.05, 4.69) is 93.7 Å². The van der Waals surface area contributed by atoms with Gasteiger partial charge in [-0.05, 0) is 70.6 Å². The maximum atomic E-state index is 12.9. The fourth-order valence-corrected chi connectivity index (χ4v) is 9.39. The Morgan fingerprint density at radius 2 is 0.520 bits per heavy atom. The summed E-state index contributed by atoms with van der Waals surface area (Å²) < 4.78 is 16.9. The van der Waals surface area contributed by atoms with Gasteiger partial charge in [0.25, 0.3) is 0 Å². The summed E-state index contributed by atoms with van der Waals surface area (Å²) >= 11 is 0. The zero-order valence-corrected chi connectivity index (χ0v) is 49.8. The monoisotopic (exact) mass is 1050 g/mol. The van der Waals surface area contributed by atoms with Crippen LogP contribution in [0, 0.1) is 0 Å². The minimum atomic E-state index is -0.773. The second-order valence-electron chi connectivity index (χ2n) is 21.7. The molecule has 0 bridgehead atoms. The van der Waals surface area contributed by atoms with Crippen LogP contribution in [0.25, 0.3) is 0 Å². The van der Waals surface area contributed by atoms with Crippen LogP contribution >= 0.6 is 0 Å². The second-order valence-corrected chi connectivity index (χ2v) is 21.7. The number of rotatable bonds is 59. The molecule has 434 valence electrons. The van der Waals surface area contributed by atoms with Crippen molar-refractivity contribution in [3.05, 3.63) is 72.9 Å². The molecular weight excluding hydrogens is 925 g/mol. The van der Waals surface area contributed by atoms with Crippen molar-refractivity contribution < 1.29 is 28.6 Å². The SMILES string of the molecule is CC/C=C\C/C=C\C/C=C\C/C=C\C/C=C\C/C=C\CCCCCCCCCCCCC(=O)OCC(COC(=O)CCCCCCCCCCCC)OC(=O)CCCCCCCCCCCCCCCCCCCC. The first-order valence-electron chi connectivity index (χ1n) is 32.4. The van der Waals surface area contributed by atoms with Crippen LogP contribution < -0.4 is 0 Å². The zero-order valence-electron chi connectivity index (χ0n) is 49.8. The third-order valence-electron chi connectivity index (χ3n) is 14.2. The third kappa shape index (κ3) is 61.6. The maximum absolute atomic E-state index is 12.9. The number of allylic oxidation sites excluding steroid dienone is 12. The Labute approximate surface area is 465 Å². The van der Waals surface area contributed by atoms with Crippen LogP contribution in [0.3, 0.4) is 0 Å². The van der Waals surface area contributed by atoms with Crippen molar-refractivity contribution in [1.82, 2.24) is 0 Å². The van der Waals surface area contributed by atoms with Crippen LogP contribution in [0.15, 0.2) is 72.9 Å². The molecule has 75 heavy (non-hydrogen) atoms. The molecule has 6 heteroatoms. The summed E-state index contributed by atoms with van der Waals surface area (Å²) in [6, 6.07) is 0. The summed E-state index contributed by atoms with van der Waals surface area (Å²) in [5.41, 5.74) is 0.